The minimum Gasteiger partial charge on any atom is -0.350 e. The summed E-state index contributed by atoms with van der Waals surface area (Å²) < 4.78 is 0. The van der Waals surface area contributed by atoms with Crippen LogP contribution in [-0.2, 0) is 4.79 Å². The summed E-state index contributed by atoms with van der Waals surface area (Å²) in [4.78, 5) is 16.9. The second kappa shape index (κ2) is 6.69. The zero-order valence-electron chi connectivity index (χ0n) is 13.9. The fraction of sp³-hybridized carbons (Fsp3) is 0.824. The molecule has 22 heavy (non-hydrogen) atoms. The molecule has 124 valence electrons. The van der Waals surface area contributed by atoms with Crippen LogP contribution in [0.5, 0.6) is 0 Å². The second-order valence-electron chi connectivity index (χ2n) is 7.48. The van der Waals surface area contributed by atoms with Crippen LogP contribution in [0.25, 0.3) is 0 Å². The van der Waals surface area contributed by atoms with Gasteiger partial charge in [0.1, 0.15) is 0 Å². The van der Waals surface area contributed by atoms with E-state index in [0.717, 1.165) is 25.9 Å². The number of nitrogens with one attached hydrogen (secondary N) is 2. The van der Waals surface area contributed by atoms with Crippen LogP contribution in [0.1, 0.15) is 26.2 Å². The van der Waals surface area contributed by atoms with Crippen LogP contribution in [-0.4, -0.2) is 74.1 Å². The van der Waals surface area contributed by atoms with Crippen molar-refractivity contribution in [3.8, 4) is 0 Å². The fourth-order valence-corrected chi connectivity index (χ4v) is 4.17. The lowest BCUT2D eigenvalue weighted by atomic mass is 9.65. The van der Waals surface area contributed by atoms with Crippen molar-refractivity contribution in [3.05, 3.63) is 12.2 Å². The first-order chi connectivity index (χ1) is 10.6. The Morgan fingerprint density at radius 3 is 2.59 bits per heavy atom. The van der Waals surface area contributed by atoms with Gasteiger partial charge in [0.15, 0.2) is 0 Å². The van der Waals surface area contributed by atoms with E-state index in [1.807, 2.05) is 0 Å². The van der Waals surface area contributed by atoms with Gasteiger partial charge in [0.25, 0.3) is 0 Å². The molecule has 2 heterocycles. The summed E-state index contributed by atoms with van der Waals surface area (Å²) in [6, 6.07) is 0.373. The Kier molecular flexibility index (Phi) is 4.85. The fourth-order valence-electron chi connectivity index (χ4n) is 4.17. The van der Waals surface area contributed by atoms with Crippen molar-refractivity contribution in [3.63, 3.8) is 0 Å². The van der Waals surface area contributed by atoms with Gasteiger partial charge in [-0.1, -0.05) is 6.58 Å². The summed E-state index contributed by atoms with van der Waals surface area (Å²) >= 11 is 0. The third-order valence-corrected chi connectivity index (χ3v) is 5.54. The molecule has 0 radical (unpaired) electrons. The highest BCUT2D eigenvalue weighted by molar-refractivity contribution is 5.92. The molecular weight excluding hydrogens is 276 g/mol. The number of amides is 1. The molecule has 1 spiro atoms. The van der Waals surface area contributed by atoms with Gasteiger partial charge in [-0.3, -0.25) is 9.69 Å². The highest BCUT2D eigenvalue weighted by Gasteiger charge is 2.48. The highest BCUT2D eigenvalue weighted by Crippen LogP contribution is 2.48. The van der Waals surface area contributed by atoms with Crippen molar-refractivity contribution in [1.29, 1.82) is 0 Å². The van der Waals surface area contributed by atoms with E-state index in [0.29, 0.717) is 17.0 Å². The van der Waals surface area contributed by atoms with Crippen molar-refractivity contribution < 1.29 is 4.79 Å². The van der Waals surface area contributed by atoms with Crippen molar-refractivity contribution in [2.75, 3.05) is 52.4 Å². The lowest BCUT2D eigenvalue weighted by molar-refractivity contribution is -0.119. The Morgan fingerprint density at radius 2 is 1.91 bits per heavy atom. The standard InChI is InChI=1S/C17H30N4O/c1-14(2)16(22)19-15-11-17(12-15)3-6-21(13-17)10-9-20-7-4-18-5-8-20/h15,18H,1,3-13H2,2H3,(H,19,22). The lowest BCUT2D eigenvalue weighted by Crippen LogP contribution is -2.52. The number of piperazine rings is 1. The predicted molar refractivity (Wildman–Crippen MR) is 88.8 cm³/mol. The number of carbonyl (C=O) groups excluding carboxylic acids is 1. The van der Waals surface area contributed by atoms with Crippen LogP contribution in [0.4, 0.5) is 0 Å². The molecule has 0 atom stereocenters. The van der Waals surface area contributed by atoms with E-state index in [1.54, 1.807) is 6.92 Å². The summed E-state index contributed by atoms with van der Waals surface area (Å²) in [5.74, 6) is 0.0217. The summed E-state index contributed by atoms with van der Waals surface area (Å²) in [6.45, 7) is 15.0. The predicted octanol–water partition coefficient (Wildman–Crippen LogP) is 0.438. The molecular formula is C17H30N4O. The normalized spacial score (nSPS) is 32.9. The minimum atomic E-state index is 0.0217. The number of likely N-dealkylation sites (tertiary alicyclic amines) is 1. The molecule has 2 saturated heterocycles. The van der Waals surface area contributed by atoms with Gasteiger partial charge in [0, 0.05) is 57.4 Å². The summed E-state index contributed by atoms with van der Waals surface area (Å²) in [7, 11) is 0. The molecule has 1 aliphatic carbocycles. The number of hydrogen-bond acceptors (Lipinski definition) is 4. The van der Waals surface area contributed by atoms with Gasteiger partial charge in [-0.05, 0) is 38.1 Å². The van der Waals surface area contributed by atoms with Crippen molar-refractivity contribution >= 4 is 5.91 Å². The van der Waals surface area contributed by atoms with E-state index in [1.165, 1.54) is 45.7 Å². The summed E-state index contributed by atoms with van der Waals surface area (Å²) in [6.07, 6.45) is 3.60. The molecule has 5 heteroatoms. The molecule has 1 amide bonds. The maximum atomic E-state index is 11.7. The SMILES string of the molecule is C=C(C)C(=O)NC1CC2(CCN(CCN3CCNCC3)C2)C1. The highest BCUT2D eigenvalue weighted by atomic mass is 16.1. The van der Waals surface area contributed by atoms with Gasteiger partial charge in [0.2, 0.25) is 5.91 Å². The molecule has 2 N–H and O–H groups in total. The topological polar surface area (TPSA) is 47.6 Å². The Labute approximate surface area is 134 Å². The average Bonchev–Trinajstić information content (AvgIpc) is 2.90. The van der Waals surface area contributed by atoms with E-state index in [9.17, 15) is 4.79 Å². The van der Waals surface area contributed by atoms with Gasteiger partial charge in [-0.2, -0.15) is 0 Å². The van der Waals surface area contributed by atoms with Gasteiger partial charge >= 0.3 is 0 Å². The summed E-state index contributed by atoms with van der Waals surface area (Å²) in [5.41, 5.74) is 1.10. The Hall–Kier alpha value is -0.910. The van der Waals surface area contributed by atoms with E-state index in [-0.39, 0.29) is 5.91 Å². The van der Waals surface area contributed by atoms with Gasteiger partial charge in [-0.15, -0.1) is 0 Å². The van der Waals surface area contributed by atoms with Crippen LogP contribution in [0.3, 0.4) is 0 Å². The quantitative estimate of drug-likeness (QED) is 0.724. The van der Waals surface area contributed by atoms with Gasteiger partial charge in [0.05, 0.1) is 0 Å². The molecule has 3 fully saturated rings. The minimum absolute atomic E-state index is 0.0217. The van der Waals surface area contributed by atoms with Crippen LogP contribution >= 0.6 is 0 Å². The third-order valence-electron chi connectivity index (χ3n) is 5.54. The lowest BCUT2D eigenvalue weighted by Gasteiger charge is -2.45. The first-order valence-corrected chi connectivity index (χ1v) is 8.68. The number of rotatable bonds is 5. The van der Waals surface area contributed by atoms with Crippen molar-refractivity contribution in [1.82, 2.24) is 20.4 Å². The average molecular weight is 306 g/mol. The van der Waals surface area contributed by atoms with Gasteiger partial charge < -0.3 is 15.5 Å². The molecule has 2 aliphatic heterocycles. The first kappa shape index (κ1) is 16.0. The summed E-state index contributed by atoms with van der Waals surface area (Å²) in [5, 5.41) is 6.50. The molecule has 0 unspecified atom stereocenters. The third kappa shape index (κ3) is 3.70. The van der Waals surface area contributed by atoms with Crippen LogP contribution in [0, 0.1) is 5.41 Å². The van der Waals surface area contributed by atoms with E-state index in [4.69, 9.17) is 0 Å². The first-order valence-electron chi connectivity index (χ1n) is 8.68. The zero-order valence-corrected chi connectivity index (χ0v) is 13.9. The molecule has 1 saturated carbocycles. The number of nitrogens with zero attached hydrogens (tertiary/aromatic N) is 2. The largest absolute Gasteiger partial charge is 0.350 e. The Balaban J connectivity index is 1.36. The molecule has 0 aromatic carbocycles. The van der Waals surface area contributed by atoms with Crippen LogP contribution in [0.2, 0.25) is 0 Å². The van der Waals surface area contributed by atoms with Crippen LogP contribution < -0.4 is 10.6 Å². The van der Waals surface area contributed by atoms with E-state index < -0.39 is 0 Å². The molecule has 5 nitrogen and oxygen atoms in total. The number of hydrogen-bond donors (Lipinski definition) is 2. The molecule has 0 aromatic rings. The Morgan fingerprint density at radius 1 is 1.23 bits per heavy atom. The zero-order chi connectivity index (χ0) is 15.6. The Bertz CT molecular complexity index is 424. The van der Waals surface area contributed by atoms with Crippen molar-refractivity contribution in [2.24, 2.45) is 5.41 Å². The van der Waals surface area contributed by atoms with Crippen molar-refractivity contribution in [2.45, 2.75) is 32.2 Å². The van der Waals surface area contributed by atoms with E-state index >= 15 is 0 Å². The smallest absolute Gasteiger partial charge is 0.246 e. The molecule has 0 aromatic heterocycles. The molecule has 3 rings (SSSR count). The maximum absolute atomic E-state index is 11.7. The maximum Gasteiger partial charge on any atom is 0.246 e. The van der Waals surface area contributed by atoms with Crippen LogP contribution in [0.15, 0.2) is 12.2 Å². The number of carbonyl (C=O) groups is 1. The second-order valence-corrected chi connectivity index (χ2v) is 7.48. The van der Waals surface area contributed by atoms with E-state index in [2.05, 4.69) is 27.0 Å². The molecule has 0 bridgehead atoms. The monoisotopic (exact) mass is 306 g/mol. The molecule has 3 aliphatic rings. The van der Waals surface area contributed by atoms with Gasteiger partial charge in [-0.25, -0.2) is 0 Å².